The second kappa shape index (κ2) is 8.93. The zero-order chi connectivity index (χ0) is 22.7. The molecule has 0 aliphatic carbocycles. The van der Waals surface area contributed by atoms with Gasteiger partial charge in [0.15, 0.2) is 0 Å². The number of nitrogens with zero attached hydrogens (tertiary/aromatic N) is 2. The molecule has 1 aromatic carbocycles. The van der Waals surface area contributed by atoms with Crippen LogP contribution in [0.4, 0.5) is 23.7 Å². The molecule has 1 N–H and O–H groups in total. The number of halogens is 3. The summed E-state index contributed by atoms with van der Waals surface area (Å²) in [4.78, 5) is 40.0. The average molecular weight is 429 g/mol. The van der Waals surface area contributed by atoms with Crippen molar-refractivity contribution >= 4 is 23.6 Å². The first-order valence-corrected chi connectivity index (χ1v) is 9.56. The maximum Gasteiger partial charge on any atom is 0.416 e. The van der Waals surface area contributed by atoms with Gasteiger partial charge < -0.3 is 19.9 Å². The van der Waals surface area contributed by atoms with E-state index in [2.05, 4.69) is 5.32 Å². The SMILES string of the molecule is CCOC(=O)CN(C(=O)NC(C)(C)C)C1CCN(c2cccc(C(F)(F)F)c2)C1=O. The Morgan fingerprint density at radius 1 is 1.27 bits per heavy atom. The van der Waals surface area contributed by atoms with Crippen molar-refractivity contribution in [3.8, 4) is 0 Å². The first-order valence-electron chi connectivity index (χ1n) is 9.56. The molecule has 3 amide bonds. The van der Waals surface area contributed by atoms with Crippen LogP contribution >= 0.6 is 0 Å². The smallest absolute Gasteiger partial charge is 0.416 e. The number of nitrogens with one attached hydrogen (secondary N) is 1. The van der Waals surface area contributed by atoms with Crippen LogP contribution in [0.1, 0.15) is 39.7 Å². The van der Waals surface area contributed by atoms with Crippen LogP contribution in [0.2, 0.25) is 0 Å². The van der Waals surface area contributed by atoms with Gasteiger partial charge in [0.2, 0.25) is 5.91 Å². The third-order valence-electron chi connectivity index (χ3n) is 4.39. The number of hydrogen-bond donors (Lipinski definition) is 1. The molecule has 7 nitrogen and oxygen atoms in total. The molecular formula is C20H26F3N3O4. The first kappa shape index (κ1) is 23.5. The van der Waals surface area contributed by atoms with Crippen molar-refractivity contribution in [3.63, 3.8) is 0 Å². The fourth-order valence-corrected chi connectivity index (χ4v) is 3.12. The Balaban J connectivity index is 2.27. The lowest BCUT2D eigenvalue weighted by atomic mass is 10.1. The highest BCUT2D eigenvalue weighted by atomic mass is 19.4. The largest absolute Gasteiger partial charge is 0.465 e. The average Bonchev–Trinajstić information content (AvgIpc) is 2.99. The van der Waals surface area contributed by atoms with Gasteiger partial charge in [0.1, 0.15) is 12.6 Å². The number of esters is 1. The van der Waals surface area contributed by atoms with Gasteiger partial charge in [-0.15, -0.1) is 0 Å². The van der Waals surface area contributed by atoms with E-state index >= 15 is 0 Å². The number of ether oxygens (including phenoxy) is 1. The molecule has 1 heterocycles. The molecule has 0 spiro atoms. The van der Waals surface area contributed by atoms with Crippen LogP contribution < -0.4 is 10.2 Å². The molecule has 1 fully saturated rings. The third-order valence-corrected chi connectivity index (χ3v) is 4.39. The van der Waals surface area contributed by atoms with Gasteiger partial charge in [-0.25, -0.2) is 4.79 Å². The summed E-state index contributed by atoms with van der Waals surface area (Å²) in [6, 6.07) is 2.82. The Bertz CT molecular complexity index is 805. The minimum atomic E-state index is -4.54. The van der Waals surface area contributed by atoms with Gasteiger partial charge in [-0.1, -0.05) is 6.07 Å². The van der Waals surface area contributed by atoms with E-state index in [-0.39, 0.29) is 25.3 Å². The molecule has 0 bridgehead atoms. The molecule has 2 rings (SSSR count). The second-order valence-electron chi connectivity index (χ2n) is 7.96. The van der Waals surface area contributed by atoms with Crippen molar-refractivity contribution in [2.45, 2.75) is 51.9 Å². The summed E-state index contributed by atoms with van der Waals surface area (Å²) in [5.74, 6) is -1.23. The molecule has 1 aromatic rings. The lowest BCUT2D eigenvalue weighted by molar-refractivity contribution is -0.144. The molecule has 1 aliphatic heterocycles. The van der Waals surface area contributed by atoms with Gasteiger partial charge in [0, 0.05) is 17.8 Å². The van der Waals surface area contributed by atoms with Gasteiger partial charge in [-0.05, 0) is 52.3 Å². The van der Waals surface area contributed by atoms with Crippen molar-refractivity contribution in [2.24, 2.45) is 0 Å². The Labute approximate surface area is 173 Å². The molecule has 0 aromatic heterocycles. The summed E-state index contributed by atoms with van der Waals surface area (Å²) >= 11 is 0. The van der Waals surface area contributed by atoms with Crippen LogP contribution in [0.3, 0.4) is 0 Å². The maximum absolute atomic E-state index is 13.0. The third kappa shape index (κ3) is 5.87. The van der Waals surface area contributed by atoms with Gasteiger partial charge in [-0.3, -0.25) is 9.59 Å². The van der Waals surface area contributed by atoms with E-state index in [0.717, 1.165) is 17.0 Å². The summed E-state index contributed by atoms with van der Waals surface area (Å²) in [5.41, 5.74) is -1.40. The predicted molar refractivity (Wildman–Crippen MR) is 104 cm³/mol. The Morgan fingerprint density at radius 3 is 2.50 bits per heavy atom. The highest BCUT2D eigenvalue weighted by molar-refractivity contribution is 6.01. The zero-order valence-corrected chi connectivity index (χ0v) is 17.4. The van der Waals surface area contributed by atoms with Crippen LogP contribution in [0.25, 0.3) is 0 Å². The second-order valence-corrected chi connectivity index (χ2v) is 7.96. The number of hydrogen-bond acceptors (Lipinski definition) is 4. The molecule has 1 unspecified atom stereocenters. The van der Waals surface area contributed by atoms with E-state index in [9.17, 15) is 27.6 Å². The molecule has 1 atom stereocenters. The van der Waals surface area contributed by atoms with Crippen molar-refractivity contribution < 1.29 is 32.3 Å². The van der Waals surface area contributed by atoms with E-state index in [0.29, 0.717) is 0 Å². The fraction of sp³-hybridized carbons (Fsp3) is 0.550. The highest BCUT2D eigenvalue weighted by Crippen LogP contribution is 2.33. The summed E-state index contributed by atoms with van der Waals surface area (Å²) in [6.07, 6.45) is -4.37. The number of anilines is 1. The standard InChI is InChI=1S/C20H26F3N3O4/c1-5-30-16(27)12-26(18(29)24-19(2,3)4)15-9-10-25(17(15)28)14-8-6-7-13(11-14)20(21,22)23/h6-8,11,15H,5,9-10,12H2,1-4H3,(H,24,29). The van der Waals surface area contributed by atoms with E-state index in [1.165, 1.54) is 17.0 Å². The first-order chi connectivity index (χ1) is 13.8. The van der Waals surface area contributed by atoms with Gasteiger partial charge in [0.25, 0.3) is 0 Å². The molecule has 0 radical (unpaired) electrons. The fourth-order valence-electron chi connectivity index (χ4n) is 3.12. The Kier molecular flexibility index (Phi) is 6.99. The summed E-state index contributed by atoms with van der Waals surface area (Å²) in [7, 11) is 0. The lowest BCUT2D eigenvalue weighted by Crippen LogP contribution is -2.55. The van der Waals surface area contributed by atoms with Crippen molar-refractivity contribution in [2.75, 3.05) is 24.6 Å². The minimum Gasteiger partial charge on any atom is -0.465 e. The van der Waals surface area contributed by atoms with Gasteiger partial charge in [-0.2, -0.15) is 13.2 Å². The normalized spacial score (nSPS) is 17.1. The molecular weight excluding hydrogens is 403 g/mol. The number of benzene rings is 1. The molecule has 1 saturated heterocycles. The Hall–Kier alpha value is -2.78. The maximum atomic E-state index is 13.0. The number of urea groups is 1. The van der Waals surface area contributed by atoms with E-state index in [1.807, 2.05) is 0 Å². The van der Waals surface area contributed by atoms with Crippen LogP contribution in [0, 0.1) is 0 Å². The van der Waals surface area contributed by atoms with Crippen LogP contribution in [-0.4, -0.2) is 54.1 Å². The summed E-state index contributed by atoms with van der Waals surface area (Å²) < 4.78 is 44.0. The topological polar surface area (TPSA) is 79.0 Å². The minimum absolute atomic E-state index is 0.0876. The van der Waals surface area contributed by atoms with Crippen LogP contribution in [0.15, 0.2) is 24.3 Å². The number of amides is 3. The Morgan fingerprint density at radius 2 is 1.93 bits per heavy atom. The number of alkyl halides is 3. The monoisotopic (exact) mass is 429 g/mol. The molecule has 30 heavy (non-hydrogen) atoms. The number of carbonyl (C=O) groups is 3. The number of rotatable bonds is 5. The molecule has 0 saturated carbocycles. The van der Waals surface area contributed by atoms with E-state index < -0.39 is 47.8 Å². The molecule has 166 valence electrons. The molecule has 10 heteroatoms. The quantitative estimate of drug-likeness (QED) is 0.730. The molecule has 1 aliphatic rings. The lowest BCUT2D eigenvalue weighted by Gasteiger charge is -2.31. The van der Waals surface area contributed by atoms with Crippen LogP contribution in [-0.2, 0) is 20.5 Å². The van der Waals surface area contributed by atoms with Gasteiger partial charge in [0.05, 0.1) is 12.2 Å². The summed E-state index contributed by atoms with van der Waals surface area (Å²) in [6.45, 7) is 6.65. The van der Waals surface area contributed by atoms with E-state index in [4.69, 9.17) is 4.74 Å². The van der Waals surface area contributed by atoms with E-state index in [1.54, 1.807) is 27.7 Å². The number of carbonyl (C=O) groups excluding carboxylic acids is 3. The zero-order valence-electron chi connectivity index (χ0n) is 17.4. The van der Waals surface area contributed by atoms with Gasteiger partial charge >= 0.3 is 18.2 Å². The summed E-state index contributed by atoms with van der Waals surface area (Å²) in [5, 5.41) is 2.71. The van der Waals surface area contributed by atoms with Crippen molar-refractivity contribution in [1.29, 1.82) is 0 Å². The van der Waals surface area contributed by atoms with Crippen LogP contribution in [0.5, 0.6) is 0 Å². The predicted octanol–water partition coefficient (Wildman–Crippen LogP) is 3.18. The van der Waals surface area contributed by atoms with Crippen molar-refractivity contribution in [1.82, 2.24) is 10.2 Å². The highest BCUT2D eigenvalue weighted by Gasteiger charge is 2.41. The van der Waals surface area contributed by atoms with Crippen molar-refractivity contribution in [3.05, 3.63) is 29.8 Å².